The lowest BCUT2D eigenvalue weighted by Gasteiger charge is -2.27. The van der Waals surface area contributed by atoms with E-state index in [4.69, 9.17) is 9.47 Å². The van der Waals surface area contributed by atoms with E-state index in [-0.39, 0.29) is 30.3 Å². The SMILES string of the molecule is Cc1nc(-c2nnn(C)c2COC(=O)N(C)C2(C)CC2)ccc1O[C@H]1CCC[C@H](C(=O)O)C1.S=S. The van der Waals surface area contributed by atoms with Crippen LogP contribution in [0.2, 0.25) is 0 Å². The van der Waals surface area contributed by atoms with E-state index in [1.54, 1.807) is 29.7 Å². The molecule has 1 amide bonds. The Kier molecular flexibility index (Phi) is 8.70. The van der Waals surface area contributed by atoms with Gasteiger partial charge in [-0.15, -0.1) is 5.10 Å². The van der Waals surface area contributed by atoms with E-state index < -0.39 is 5.97 Å². The number of aliphatic carboxylic acids is 1. The quantitative estimate of drug-likeness (QED) is 0.581. The van der Waals surface area contributed by atoms with Crippen molar-refractivity contribution in [2.75, 3.05) is 7.05 Å². The summed E-state index contributed by atoms with van der Waals surface area (Å²) in [6.07, 6.45) is 4.31. The third-order valence-corrected chi connectivity index (χ3v) is 6.88. The first-order valence-electron chi connectivity index (χ1n) is 11.5. The maximum atomic E-state index is 12.4. The van der Waals surface area contributed by atoms with Gasteiger partial charge in [0.25, 0.3) is 0 Å². The molecule has 0 spiro atoms. The molecule has 190 valence electrons. The first-order valence-corrected chi connectivity index (χ1v) is 12.8. The highest BCUT2D eigenvalue weighted by atomic mass is 32.8. The summed E-state index contributed by atoms with van der Waals surface area (Å²) in [5.74, 6) is -0.490. The molecular formula is C23H31N5O5S2. The van der Waals surface area contributed by atoms with Crippen LogP contribution in [-0.2, 0) is 45.6 Å². The molecule has 2 saturated carbocycles. The van der Waals surface area contributed by atoms with Gasteiger partial charge in [-0.05, 0) is 64.5 Å². The van der Waals surface area contributed by atoms with Crippen LogP contribution in [0, 0.1) is 12.8 Å². The summed E-state index contributed by atoms with van der Waals surface area (Å²) in [6, 6.07) is 3.63. The average molecular weight is 522 g/mol. The summed E-state index contributed by atoms with van der Waals surface area (Å²) < 4.78 is 13.2. The van der Waals surface area contributed by atoms with Crippen molar-refractivity contribution in [3.8, 4) is 17.1 Å². The van der Waals surface area contributed by atoms with Gasteiger partial charge in [-0.1, -0.05) is 5.21 Å². The van der Waals surface area contributed by atoms with Gasteiger partial charge in [-0.25, -0.2) is 14.5 Å². The summed E-state index contributed by atoms with van der Waals surface area (Å²) in [5.41, 5.74) is 2.37. The van der Waals surface area contributed by atoms with E-state index in [0.717, 1.165) is 25.7 Å². The maximum Gasteiger partial charge on any atom is 0.410 e. The molecule has 0 aromatic carbocycles. The number of hydrogen-bond acceptors (Lipinski definition) is 9. The Bertz CT molecular complexity index is 1070. The molecule has 1 N–H and O–H groups in total. The summed E-state index contributed by atoms with van der Waals surface area (Å²) in [6.45, 7) is 3.92. The van der Waals surface area contributed by atoms with Crippen LogP contribution in [0.1, 0.15) is 56.8 Å². The number of carboxylic acids is 1. The van der Waals surface area contributed by atoms with Crippen molar-refractivity contribution in [2.24, 2.45) is 13.0 Å². The predicted octanol–water partition coefficient (Wildman–Crippen LogP) is 3.32. The van der Waals surface area contributed by atoms with Gasteiger partial charge < -0.3 is 19.5 Å². The first-order chi connectivity index (χ1) is 16.7. The number of aromatic nitrogens is 4. The van der Waals surface area contributed by atoms with Gasteiger partial charge in [0.1, 0.15) is 23.7 Å². The van der Waals surface area contributed by atoms with Crippen LogP contribution in [0.4, 0.5) is 4.79 Å². The molecule has 2 aromatic heterocycles. The second kappa shape index (κ2) is 11.3. The van der Waals surface area contributed by atoms with E-state index in [9.17, 15) is 14.7 Å². The van der Waals surface area contributed by atoms with Crippen LogP contribution < -0.4 is 4.74 Å². The number of hydrogen-bond donors (Lipinski definition) is 1. The number of pyridine rings is 1. The van der Waals surface area contributed by atoms with Crippen LogP contribution in [0.3, 0.4) is 0 Å². The Hall–Kier alpha value is -2.73. The van der Waals surface area contributed by atoms with Crippen molar-refractivity contribution < 1.29 is 24.2 Å². The molecule has 2 aromatic rings. The number of ether oxygens (including phenoxy) is 2. The lowest BCUT2D eigenvalue weighted by molar-refractivity contribution is -0.143. The highest BCUT2D eigenvalue weighted by molar-refractivity contribution is 8.07. The fourth-order valence-corrected chi connectivity index (χ4v) is 4.16. The number of carbonyl (C=O) groups is 2. The second-order valence-electron chi connectivity index (χ2n) is 9.34. The lowest BCUT2D eigenvalue weighted by atomic mass is 9.87. The van der Waals surface area contributed by atoms with Crippen molar-refractivity contribution in [1.82, 2.24) is 24.9 Å². The minimum atomic E-state index is -0.762. The largest absolute Gasteiger partial charge is 0.489 e. The van der Waals surface area contributed by atoms with Crippen LogP contribution in [-0.4, -0.2) is 60.7 Å². The van der Waals surface area contributed by atoms with Gasteiger partial charge in [0.05, 0.1) is 23.4 Å². The van der Waals surface area contributed by atoms with Gasteiger partial charge in [-0.2, -0.15) is 0 Å². The molecule has 10 nitrogen and oxygen atoms in total. The normalized spacial score (nSPS) is 20.2. The van der Waals surface area contributed by atoms with Crippen molar-refractivity contribution in [3.63, 3.8) is 0 Å². The Balaban J connectivity index is 0.00000167. The maximum absolute atomic E-state index is 12.4. The topological polar surface area (TPSA) is 120 Å². The Morgan fingerprint density at radius 3 is 2.63 bits per heavy atom. The van der Waals surface area contributed by atoms with Crippen LogP contribution >= 0.6 is 0 Å². The fraction of sp³-hybridized carbons (Fsp3) is 0.609. The molecule has 2 fully saturated rings. The molecular weight excluding hydrogens is 490 g/mol. The summed E-state index contributed by atoms with van der Waals surface area (Å²) in [7, 11) is 3.50. The van der Waals surface area contributed by atoms with Gasteiger partial charge >= 0.3 is 12.1 Å². The number of nitrogens with zero attached hydrogens (tertiary/aromatic N) is 5. The van der Waals surface area contributed by atoms with Crippen molar-refractivity contribution in [3.05, 3.63) is 23.5 Å². The van der Waals surface area contributed by atoms with Crippen LogP contribution in [0.5, 0.6) is 5.75 Å². The average Bonchev–Trinajstić information content (AvgIpc) is 3.50. The molecule has 2 aliphatic rings. The standard InChI is InChI=1S/C23H31N5O5.S2/c1-14-19(33-16-7-5-6-15(12-16)21(29)30)9-8-17(24-14)20-18(28(4)26-25-20)13-32-22(31)27(3)23(2)10-11-23;1-2/h8-9,15-16H,5-7,10-13H2,1-4H3,(H,29,30);/t15-,16-;/m0./s1. The first kappa shape index (κ1) is 26.9. The highest BCUT2D eigenvalue weighted by Gasteiger charge is 2.44. The lowest BCUT2D eigenvalue weighted by Crippen LogP contribution is -2.37. The second-order valence-corrected chi connectivity index (χ2v) is 9.34. The van der Waals surface area contributed by atoms with Gasteiger partial charge in [0, 0.05) is 42.0 Å². The number of rotatable bonds is 7. The molecule has 0 saturated heterocycles. The summed E-state index contributed by atoms with van der Waals surface area (Å²) >= 11 is 7.33. The van der Waals surface area contributed by atoms with E-state index in [2.05, 4.69) is 37.7 Å². The predicted molar refractivity (Wildman–Crippen MR) is 133 cm³/mol. The van der Waals surface area contributed by atoms with E-state index in [0.29, 0.717) is 41.4 Å². The van der Waals surface area contributed by atoms with Gasteiger partial charge in [0.15, 0.2) is 0 Å². The molecule has 2 heterocycles. The zero-order chi connectivity index (χ0) is 25.8. The zero-order valence-electron chi connectivity index (χ0n) is 20.4. The van der Waals surface area contributed by atoms with E-state index in [1.165, 1.54) is 0 Å². The van der Waals surface area contributed by atoms with E-state index >= 15 is 0 Å². The van der Waals surface area contributed by atoms with Crippen molar-refractivity contribution >= 4 is 34.4 Å². The number of carbonyl (C=O) groups excluding carboxylic acids is 1. The minimum Gasteiger partial charge on any atom is -0.489 e. The van der Waals surface area contributed by atoms with Crippen LogP contribution in [0.25, 0.3) is 11.4 Å². The van der Waals surface area contributed by atoms with Crippen molar-refractivity contribution in [1.29, 1.82) is 0 Å². The Labute approximate surface area is 214 Å². The third-order valence-electron chi connectivity index (χ3n) is 6.88. The minimum absolute atomic E-state index is 0.0374. The molecule has 4 rings (SSSR count). The third kappa shape index (κ3) is 6.29. The fourth-order valence-electron chi connectivity index (χ4n) is 4.16. The highest BCUT2D eigenvalue weighted by Crippen LogP contribution is 2.40. The molecule has 0 bridgehead atoms. The molecule has 0 aliphatic heterocycles. The monoisotopic (exact) mass is 521 g/mol. The van der Waals surface area contributed by atoms with Gasteiger partial charge in [-0.3, -0.25) is 4.79 Å². The number of aryl methyl sites for hydroxylation is 2. The Morgan fingerprint density at radius 2 is 2.00 bits per heavy atom. The molecule has 12 heteroatoms. The Morgan fingerprint density at radius 1 is 1.29 bits per heavy atom. The molecule has 0 radical (unpaired) electrons. The molecule has 0 unspecified atom stereocenters. The van der Waals surface area contributed by atoms with Gasteiger partial charge in [0.2, 0.25) is 0 Å². The summed E-state index contributed by atoms with van der Waals surface area (Å²) in [5, 5.41) is 17.6. The molecule has 2 atom stereocenters. The zero-order valence-corrected chi connectivity index (χ0v) is 22.0. The van der Waals surface area contributed by atoms with Crippen LogP contribution in [0.15, 0.2) is 12.1 Å². The number of carboxylic acid groups (broad SMARTS) is 1. The molecule has 35 heavy (non-hydrogen) atoms. The molecule has 2 aliphatic carbocycles. The number of amides is 1. The summed E-state index contributed by atoms with van der Waals surface area (Å²) in [4.78, 5) is 30.0. The van der Waals surface area contributed by atoms with Crippen molar-refractivity contribution in [2.45, 2.75) is 70.6 Å². The van der Waals surface area contributed by atoms with E-state index in [1.807, 2.05) is 19.9 Å². The smallest absolute Gasteiger partial charge is 0.410 e.